The minimum Gasteiger partial charge on any atom is -0.465 e. The van der Waals surface area contributed by atoms with Crippen molar-refractivity contribution in [1.29, 1.82) is 0 Å². The third kappa shape index (κ3) is 10.8. The van der Waals surface area contributed by atoms with Crippen LogP contribution in [0.2, 0.25) is 0 Å². The Balaban J connectivity index is 1.75. The number of fused-ring (bicyclic) bond motifs is 1. The van der Waals surface area contributed by atoms with Gasteiger partial charge in [-0.15, -0.1) is 6.42 Å². The van der Waals surface area contributed by atoms with Gasteiger partial charge in [0.2, 0.25) is 5.91 Å². The highest BCUT2D eigenvalue weighted by Crippen LogP contribution is 2.40. The number of terminal acetylenes is 1. The lowest BCUT2D eigenvalue weighted by Crippen LogP contribution is -2.46. The Bertz CT molecular complexity index is 1010. The van der Waals surface area contributed by atoms with Crippen molar-refractivity contribution < 1.29 is 38.0 Å². The Morgan fingerprint density at radius 3 is 2.17 bits per heavy atom. The summed E-state index contributed by atoms with van der Waals surface area (Å²) in [7, 11) is 1.32. The van der Waals surface area contributed by atoms with Crippen LogP contribution in [-0.4, -0.2) is 96.6 Å². The number of carbonyl (C=O) groups excluding carboxylic acids is 2. The average molecular weight is 563 g/mol. The van der Waals surface area contributed by atoms with Gasteiger partial charge in [0.1, 0.15) is 6.61 Å². The normalized spacial score (nSPS) is 16.8. The number of rotatable bonds is 18. The fourth-order valence-electron chi connectivity index (χ4n) is 4.24. The van der Waals surface area contributed by atoms with E-state index in [2.05, 4.69) is 5.92 Å². The number of hydrazine groups is 1. The summed E-state index contributed by atoms with van der Waals surface area (Å²) in [6, 6.07) is 4.76. The van der Waals surface area contributed by atoms with Crippen LogP contribution in [0.15, 0.2) is 30.1 Å². The number of nitrogens with zero attached hydrogens (tertiary/aromatic N) is 2. The lowest BCUT2D eigenvalue weighted by Gasteiger charge is -2.42. The summed E-state index contributed by atoms with van der Waals surface area (Å²) in [6.45, 7) is 7.89. The van der Waals surface area contributed by atoms with Crippen LogP contribution in [0.4, 0.5) is 5.69 Å². The van der Waals surface area contributed by atoms with Crippen molar-refractivity contribution in [3.05, 3.63) is 41.2 Å². The quantitative estimate of drug-likeness (QED) is 0.0874. The number of amides is 1. The van der Waals surface area contributed by atoms with E-state index in [4.69, 9.17) is 46.4 Å². The smallest absolute Gasteiger partial charge is 0.337 e. The molecule has 0 radical (unpaired) electrons. The molecule has 1 aliphatic rings. The van der Waals surface area contributed by atoms with E-state index in [1.807, 2.05) is 6.92 Å². The Morgan fingerprint density at radius 1 is 1.05 bits per heavy atom. The molecule has 2 rings (SSSR count). The summed E-state index contributed by atoms with van der Waals surface area (Å²) in [4.78, 5) is 26.1. The SMILES string of the molecule is C#CCOCCOCCOCCOCCOC/C(N)=C/N(N)[C@@H]1c2cc(C(=O)OC)ccc2N(C(C)=O)CC1C. The molecule has 0 saturated heterocycles. The van der Waals surface area contributed by atoms with Crippen LogP contribution in [0.5, 0.6) is 0 Å². The first kappa shape index (κ1) is 33.0. The molecule has 1 aliphatic heterocycles. The molecule has 40 heavy (non-hydrogen) atoms. The zero-order valence-electron chi connectivity index (χ0n) is 23.6. The maximum atomic E-state index is 12.3. The number of carbonyl (C=O) groups is 2. The molecule has 1 aromatic rings. The Labute approximate surface area is 236 Å². The number of hydrogen-bond acceptors (Lipinski definition) is 11. The second kappa shape index (κ2) is 18.2. The van der Waals surface area contributed by atoms with Crippen LogP contribution in [0.3, 0.4) is 0 Å². The van der Waals surface area contributed by atoms with Crippen LogP contribution in [0.1, 0.15) is 35.8 Å². The molecular formula is C28H42N4O8. The van der Waals surface area contributed by atoms with E-state index in [0.717, 1.165) is 5.56 Å². The van der Waals surface area contributed by atoms with Crippen molar-refractivity contribution in [2.24, 2.45) is 17.5 Å². The minimum atomic E-state index is -0.470. The molecule has 222 valence electrons. The van der Waals surface area contributed by atoms with Crippen LogP contribution in [-0.2, 0) is 33.2 Å². The van der Waals surface area contributed by atoms with E-state index in [-0.39, 0.29) is 31.1 Å². The van der Waals surface area contributed by atoms with Gasteiger partial charge in [0.05, 0.1) is 83.9 Å². The molecule has 0 spiro atoms. The second-order valence-electron chi connectivity index (χ2n) is 9.11. The first-order valence-corrected chi connectivity index (χ1v) is 13.1. The lowest BCUT2D eigenvalue weighted by molar-refractivity contribution is -0.116. The van der Waals surface area contributed by atoms with Crippen molar-refractivity contribution in [2.75, 3.05) is 84.6 Å². The summed E-state index contributed by atoms with van der Waals surface area (Å²) in [5, 5.41) is 1.50. The second-order valence-corrected chi connectivity index (χ2v) is 9.11. The van der Waals surface area contributed by atoms with Crippen molar-refractivity contribution in [1.82, 2.24) is 5.01 Å². The maximum absolute atomic E-state index is 12.3. The molecule has 1 aromatic carbocycles. The van der Waals surface area contributed by atoms with Gasteiger partial charge >= 0.3 is 5.97 Å². The number of benzene rings is 1. The van der Waals surface area contributed by atoms with E-state index < -0.39 is 5.97 Å². The van der Waals surface area contributed by atoms with Crippen molar-refractivity contribution >= 4 is 17.6 Å². The van der Waals surface area contributed by atoms with Gasteiger partial charge in [-0.25, -0.2) is 10.6 Å². The highest BCUT2D eigenvalue weighted by molar-refractivity contribution is 5.95. The number of methoxy groups -OCH3 is 1. The third-order valence-electron chi connectivity index (χ3n) is 6.03. The molecule has 4 N–H and O–H groups in total. The molecule has 1 amide bonds. The largest absolute Gasteiger partial charge is 0.465 e. The third-order valence-corrected chi connectivity index (χ3v) is 6.03. The predicted molar refractivity (Wildman–Crippen MR) is 149 cm³/mol. The van der Waals surface area contributed by atoms with Gasteiger partial charge in [-0.05, 0) is 18.2 Å². The fraction of sp³-hybridized carbons (Fsp3) is 0.571. The van der Waals surface area contributed by atoms with Gasteiger partial charge < -0.3 is 44.1 Å². The fourth-order valence-corrected chi connectivity index (χ4v) is 4.24. The van der Waals surface area contributed by atoms with Crippen LogP contribution in [0, 0.1) is 18.3 Å². The molecule has 1 heterocycles. The van der Waals surface area contributed by atoms with E-state index in [1.54, 1.807) is 29.3 Å². The zero-order valence-corrected chi connectivity index (χ0v) is 23.6. The van der Waals surface area contributed by atoms with Gasteiger partial charge in [-0.1, -0.05) is 12.8 Å². The van der Waals surface area contributed by atoms with E-state index >= 15 is 0 Å². The molecule has 1 unspecified atom stereocenters. The molecule has 2 atom stereocenters. The predicted octanol–water partition coefficient (Wildman–Crippen LogP) is 1.21. The topological polar surface area (TPSA) is 148 Å². The molecule has 0 fully saturated rings. The highest BCUT2D eigenvalue weighted by Gasteiger charge is 2.35. The number of ether oxygens (including phenoxy) is 6. The summed E-state index contributed by atoms with van der Waals surface area (Å²) in [5.41, 5.74) is 8.39. The Kier molecular flexibility index (Phi) is 15.0. The first-order chi connectivity index (χ1) is 19.3. The van der Waals surface area contributed by atoms with Crippen LogP contribution >= 0.6 is 0 Å². The van der Waals surface area contributed by atoms with Gasteiger partial charge in [-0.2, -0.15) is 0 Å². The molecule has 12 heteroatoms. The van der Waals surface area contributed by atoms with Gasteiger partial charge in [0.15, 0.2) is 0 Å². The standard InChI is InChI=1S/C28H42N4O8/c1-5-8-36-9-10-37-11-12-38-13-14-39-15-16-40-20-24(29)19-32(30)27-21(2)18-31(22(3)33)26-7-6-23(17-25(26)27)28(34)35-4/h1,6-7,17,19,21,27H,8-16,18,20,29-30H2,2-4H3/b24-19-/t21?,27-/m0/s1. The molecule has 0 bridgehead atoms. The van der Waals surface area contributed by atoms with Crippen LogP contribution in [0.25, 0.3) is 0 Å². The van der Waals surface area contributed by atoms with E-state index in [0.29, 0.717) is 76.3 Å². The van der Waals surface area contributed by atoms with E-state index in [9.17, 15) is 9.59 Å². The number of nitrogens with two attached hydrogens (primary N) is 2. The molecular weight excluding hydrogens is 520 g/mol. The summed E-state index contributed by atoms with van der Waals surface area (Å²) >= 11 is 0. The number of esters is 1. The summed E-state index contributed by atoms with van der Waals surface area (Å²) in [5.74, 6) is 8.21. The number of anilines is 1. The highest BCUT2D eigenvalue weighted by atomic mass is 16.6. The molecule has 0 saturated carbocycles. The van der Waals surface area contributed by atoms with E-state index in [1.165, 1.54) is 19.0 Å². The summed E-state index contributed by atoms with van der Waals surface area (Å²) in [6.07, 6.45) is 6.69. The Morgan fingerprint density at radius 2 is 1.62 bits per heavy atom. The molecule has 12 nitrogen and oxygen atoms in total. The van der Waals surface area contributed by atoms with Crippen molar-refractivity contribution in [3.63, 3.8) is 0 Å². The minimum absolute atomic E-state index is 0.0469. The first-order valence-electron chi connectivity index (χ1n) is 13.1. The summed E-state index contributed by atoms with van der Waals surface area (Å²) < 4.78 is 31.8. The zero-order chi connectivity index (χ0) is 29.3. The molecule has 0 aliphatic carbocycles. The van der Waals surface area contributed by atoms with Gasteiger partial charge in [-0.3, -0.25) is 4.79 Å². The monoisotopic (exact) mass is 562 g/mol. The van der Waals surface area contributed by atoms with Crippen LogP contribution < -0.4 is 16.5 Å². The lowest BCUT2D eigenvalue weighted by atomic mass is 9.86. The van der Waals surface area contributed by atoms with Gasteiger partial charge in [0.25, 0.3) is 0 Å². The van der Waals surface area contributed by atoms with Crippen molar-refractivity contribution in [2.45, 2.75) is 19.9 Å². The van der Waals surface area contributed by atoms with Crippen molar-refractivity contribution in [3.8, 4) is 12.3 Å². The Hall–Kier alpha value is -3.18. The maximum Gasteiger partial charge on any atom is 0.337 e. The molecule has 0 aromatic heterocycles. The van der Waals surface area contributed by atoms with Gasteiger partial charge in [0, 0.05) is 36.8 Å². The average Bonchev–Trinajstić information content (AvgIpc) is 2.93. The number of hydrogen-bond donors (Lipinski definition) is 2.